The van der Waals surface area contributed by atoms with Gasteiger partial charge in [-0.1, -0.05) is 87.5 Å². The van der Waals surface area contributed by atoms with Crippen molar-refractivity contribution in [2.75, 3.05) is 0 Å². The Morgan fingerprint density at radius 3 is 1.97 bits per heavy atom. The van der Waals surface area contributed by atoms with Crippen LogP contribution in [0.1, 0.15) is 26.3 Å². The van der Waals surface area contributed by atoms with E-state index >= 15 is 0 Å². The number of hydrogen-bond acceptors (Lipinski definition) is 1. The van der Waals surface area contributed by atoms with Crippen molar-refractivity contribution in [1.82, 2.24) is 14.1 Å². The first-order chi connectivity index (χ1) is 17.5. The third kappa shape index (κ3) is 2.96. The third-order valence-electron chi connectivity index (χ3n) is 7.30. The molecule has 0 aliphatic rings. The molecule has 36 heavy (non-hydrogen) atoms. The summed E-state index contributed by atoms with van der Waals surface area (Å²) in [7, 11) is 0. The normalized spacial score (nSPS) is 12.3. The molecule has 0 atom stereocenters. The SMILES string of the molecule is CC(C)(C)c1cccc(-n2c3ccccc3c3cnc4c(c5ccccc5n4-c4ccccc4)c32)c1. The van der Waals surface area contributed by atoms with Crippen LogP contribution in [0.3, 0.4) is 0 Å². The number of fused-ring (bicyclic) bond motifs is 7. The van der Waals surface area contributed by atoms with E-state index in [9.17, 15) is 0 Å². The summed E-state index contributed by atoms with van der Waals surface area (Å²) < 4.78 is 4.73. The second-order valence-electron chi connectivity index (χ2n) is 10.6. The van der Waals surface area contributed by atoms with Gasteiger partial charge in [-0.2, -0.15) is 0 Å². The van der Waals surface area contributed by atoms with Gasteiger partial charge < -0.3 is 4.57 Å². The van der Waals surface area contributed by atoms with Gasteiger partial charge in [-0.3, -0.25) is 4.57 Å². The van der Waals surface area contributed by atoms with Crippen molar-refractivity contribution in [2.24, 2.45) is 0 Å². The molecular formula is C33H27N3. The predicted octanol–water partition coefficient (Wildman–Crippen LogP) is 8.57. The molecule has 0 spiro atoms. The monoisotopic (exact) mass is 465 g/mol. The van der Waals surface area contributed by atoms with Crippen LogP contribution in [0.15, 0.2) is 109 Å². The highest BCUT2D eigenvalue weighted by Gasteiger charge is 2.22. The van der Waals surface area contributed by atoms with Crippen molar-refractivity contribution in [1.29, 1.82) is 0 Å². The third-order valence-corrected chi connectivity index (χ3v) is 7.30. The summed E-state index contributed by atoms with van der Waals surface area (Å²) in [6.07, 6.45) is 2.06. The molecule has 174 valence electrons. The molecule has 7 aromatic rings. The molecule has 3 aromatic heterocycles. The van der Waals surface area contributed by atoms with Crippen LogP contribution in [0.2, 0.25) is 0 Å². The van der Waals surface area contributed by atoms with Crippen LogP contribution in [-0.4, -0.2) is 14.1 Å². The van der Waals surface area contributed by atoms with Crippen molar-refractivity contribution in [3.05, 3.63) is 115 Å². The molecule has 0 saturated heterocycles. The largest absolute Gasteiger partial charge is 0.308 e. The Kier molecular flexibility index (Phi) is 4.40. The first-order valence-electron chi connectivity index (χ1n) is 12.5. The molecule has 0 amide bonds. The van der Waals surface area contributed by atoms with Gasteiger partial charge >= 0.3 is 0 Å². The van der Waals surface area contributed by atoms with E-state index in [0.717, 1.165) is 11.3 Å². The molecule has 0 N–H and O–H groups in total. The average Bonchev–Trinajstić information content (AvgIpc) is 3.42. The first kappa shape index (κ1) is 21.0. The van der Waals surface area contributed by atoms with Crippen molar-refractivity contribution in [3.8, 4) is 11.4 Å². The molecular weight excluding hydrogens is 438 g/mol. The Hall–Kier alpha value is -4.37. The highest BCUT2D eigenvalue weighted by molar-refractivity contribution is 6.24. The molecule has 0 unspecified atom stereocenters. The summed E-state index contributed by atoms with van der Waals surface area (Å²) in [4.78, 5) is 5.09. The second-order valence-corrected chi connectivity index (χ2v) is 10.6. The quantitative estimate of drug-likeness (QED) is 0.251. The van der Waals surface area contributed by atoms with Crippen LogP contribution >= 0.6 is 0 Å². The van der Waals surface area contributed by atoms with E-state index in [4.69, 9.17) is 4.98 Å². The van der Waals surface area contributed by atoms with Crippen LogP contribution in [0, 0.1) is 0 Å². The molecule has 0 radical (unpaired) electrons. The lowest BCUT2D eigenvalue weighted by molar-refractivity contribution is 0.590. The number of aromatic nitrogens is 3. The van der Waals surface area contributed by atoms with Gasteiger partial charge in [0.2, 0.25) is 0 Å². The summed E-state index contributed by atoms with van der Waals surface area (Å²) in [5, 5.41) is 4.80. The maximum atomic E-state index is 5.09. The van der Waals surface area contributed by atoms with E-state index < -0.39 is 0 Å². The van der Waals surface area contributed by atoms with E-state index in [1.54, 1.807) is 0 Å². The fraction of sp³-hybridized carbons (Fsp3) is 0.121. The Balaban J connectivity index is 1.71. The Bertz CT molecular complexity index is 1910. The van der Waals surface area contributed by atoms with Crippen molar-refractivity contribution < 1.29 is 0 Å². The van der Waals surface area contributed by atoms with Gasteiger partial charge in [0.25, 0.3) is 0 Å². The Labute approximate surface area is 210 Å². The minimum Gasteiger partial charge on any atom is -0.308 e. The van der Waals surface area contributed by atoms with E-state index in [1.165, 1.54) is 49.3 Å². The molecule has 0 saturated carbocycles. The van der Waals surface area contributed by atoms with Gasteiger partial charge in [-0.05, 0) is 47.4 Å². The number of hydrogen-bond donors (Lipinski definition) is 0. The Morgan fingerprint density at radius 2 is 1.22 bits per heavy atom. The highest BCUT2D eigenvalue weighted by Crippen LogP contribution is 2.41. The number of para-hydroxylation sites is 3. The predicted molar refractivity (Wildman–Crippen MR) is 152 cm³/mol. The van der Waals surface area contributed by atoms with Crippen LogP contribution in [0.5, 0.6) is 0 Å². The molecule has 3 heterocycles. The summed E-state index contributed by atoms with van der Waals surface area (Å²) in [6.45, 7) is 6.81. The Morgan fingerprint density at radius 1 is 0.583 bits per heavy atom. The molecule has 0 bridgehead atoms. The van der Waals surface area contributed by atoms with E-state index in [1.807, 2.05) is 0 Å². The van der Waals surface area contributed by atoms with E-state index in [2.05, 4.69) is 139 Å². The van der Waals surface area contributed by atoms with Gasteiger partial charge in [-0.15, -0.1) is 0 Å². The van der Waals surface area contributed by atoms with E-state index in [-0.39, 0.29) is 5.41 Å². The van der Waals surface area contributed by atoms with Gasteiger partial charge in [0.1, 0.15) is 5.65 Å². The second kappa shape index (κ2) is 7.56. The van der Waals surface area contributed by atoms with Crippen molar-refractivity contribution in [3.63, 3.8) is 0 Å². The smallest absolute Gasteiger partial charge is 0.147 e. The average molecular weight is 466 g/mol. The summed E-state index contributed by atoms with van der Waals surface area (Å²) in [5.74, 6) is 0. The van der Waals surface area contributed by atoms with Gasteiger partial charge in [0.15, 0.2) is 0 Å². The number of pyridine rings is 1. The fourth-order valence-electron chi connectivity index (χ4n) is 5.57. The summed E-state index contributed by atoms with van der Waals surface area (Å²) >= 11 is 0. The molecule has 0 fully saturated rings. The summed E-state index contributed by atoms with van der Waals surface area (Å²) in [6, 6.07) is 36.9. The fourth-order valence-corrected chi connectivity index (χ4v) is 5.57. The maximum absolute atomic E-state index is 5.09. The van der Waals surface area contributed by atoms with Gasteiger partial charge in [0.05, 0.1) is 21.9 Å². The van der Waals surface area contributed by atoms with E-state index in [0.29, 0.717) is 0 Å². The zero-order chi connectivity index (χ0) is 24.4. The maximum Gasteiger partial charge on any atom is 0.147 e. The molecule has 0 aliphatic carbocycles. The molecule has 4 aromatic carbocycles. The van der Waals surface area contributed by atoms with Crippen LogP contribution in [0.25, 0.3) is 55.1 Å². The van der Waals surface area contributed by atoms with Gasteiger partial charge in [-0.25, -0.2) is 4.98 Å². The zero-order valence-corrected chi connectivity index (χ0v) is 20.7. The van der Waals surface area contributed by atoms with Crippen molar-refractivity contribution >= 4 is 43.7 Å². The van der Waals surface area contributed by atoms with Gasteiger partial charge in [0, 0.05) is 33.7 Å². The zero-order valence-electron chi connectivity index (χ0n) is 20.7. The molecule has 3 heteroatoms. The van der Waals surface area contributed by atoms with Crippen LogP contribution in [-0.2, 0) is 5.41 Å². The molecule has 3 nitrogen and oxygen atoms in total. The van der Waals surface area contributed by atoms with Crippen molar-refractivity contribution in [2.45, 2.75) is 26.2 Å². The lowest BCUT2D eigenvalue weighted by Crippen LogP contribution is -2.11. The lowest BCUT2D eigenvalue weighted by Gasteiger charge is -2.20. The number of benzene rings is 4. The lowest BCUT2D eigenvalue weighted by atomic mass is 9.87. The first-order valence-corrected chi connectivity index (χ1v) is 12.5. The number of nitrogens with zero attached hydrogens (tertiary/aromatic N) is 3. The standard InChI is InChI=1S/C33H27N3/c1-33(2,3)22-12-11-15-24(20-22)35-28-18-9-7-16-25(28)27-21-34-32-30(31(27)35)26-17-8-10-19-29(26)36(32)23-13-5-4-6-14-23/h4-21H,1-3H3. The van der Waals surface area contributed by atoms with Crippen LogP contribution in [0.4, 0.5) is 0 Å². The minimum atomic E-state index is 0.0645. The molecule has 7 rings (SSSR count). The topological polar surface area (TPSA) is 22.8 Å². The minimum absolute atomic E-state index is 0.0645. The van der Waals surface area contributed by atoms with Crippen LogP contribution < -0.4 is 0 Å². The number of rotatable bonds is 2. The summed E-state index contributed by atoms with van der Waals surface area (Å²) in [5.41, 5.74) is 8.23. The highest BCUT2D eigenvalue weighted by atomic mass is 15.1. The molecule has 0 aliphatic heterocycles.